The van der Waals surface area contributed by atoms with Gasteiger partial charge in [-0.1, -0.05) is 51.9 Å². The van der Waals surface area contributed by atoms with Crippen molar-refractivity contribution in [2.45, 2.75) is 5.75 Å². The number of hydrogen-bond donors (Lipinski definition) is 1. The van der Waals surface area contributed by atoms with E-state index in [2.05, 4.69) is 36.1 Å². The highest BCUT2D eigenvalue weighted by Crippen LogP contribution is 2.24. The molecule has 0 saturated heterocycles. The maximum atomic E-state index is 3.80. The van der Waals surface area contributed by atoms with Gasteiger partial charge in [0.1, 0.15) is 0 Å². The molecule has 0 aliphatic heterocycles. The zero-order valence-electron chi connectivity index (χ0n) is 7.03. The van der Waals surface area contributed by atoms with E-state index < -0.39 is 0 Å². The number of hydrogen-bond acceptors (Lipinski definition) is 2. The standard InChI is InChI=1S/C9H13NS2/c10-6-7-11-12-8-9-4-2-1-3-5-9/h1-5H,6-8,10H2/p+1. The summed E-state index contributed by atoms with van der Waals surface area (Å²) in [6, 6.07) is 10.6. The van der Waals surface area contributed by atoms with Crippen LogP contribution in [-0.2, 0) is 5.75 Å². The molecule has 0 bridgehead atoms. The Kier molecular flexibility index (Phi) is 5.32. The minimum absolute atomic E-state index is 1.02. The van der Waals surface area contributed by atoms with Crippen LogP contribution in [0.25, 0.3) is 0 Å². The molecule has 3 N–H and O–H groups in total. The van der Waals surface area contributed by atoms with Gasteiger partial charge in [-0.3, -0.25) is 0 Å². The second-order valence-electron chi connectivity index (χ2n) is 2.42. The Morgan fingerprint density at radius 1 is 1.08 bits per heavy atom. The summed E-state index contributed by atoms with van der Waals surface area (Å²) in [5.41, 5.74) is 5.20. The maximum absolute atomic E-state index is 3.80. The third kappa shape index (κ3) is 4.04. The average molecular weight is 200 g/mol. The van der Waals surface area contributed by atoms with Gasteiger partial charge >= 0.3 is 0 Å². The quantitative estimate of drug-likeness (QED) is 0.580. The summed E-state index contributed by atoms with van der Waals surface area (Å²) in [5, 5.41) is 0. The largest absolute Gasteiger partial charge is 0.357 e. The highest BCUT2D eigenvalue weighted by atomic mass is 33.1. The SMILES string of the molecule is [NH3+]CCSSCc1ccccc1. The minimum atomic E-state index is 1.02. The Bertz CT molecular complexity index is 201. The Hall–Kier alpha value is -0.120. The van der Waals surface area contributed by atoms with E-state index in [0.29, 0.717) is 0 Å². The average Bonchev–Trinajstić information content (AvgIpc) is 2.14. The summed E-state index contributed by atoms with van der Waals surface area (Å²) in [6.07, 6.45) is 0. The van der Waals surface area contributed by atoms with E-state index in [0.717, 1.165) is 18.1 Å². The fourth-order valence-corrected chi connectivity index (χ4v) is 2.81. The minimum Gasteiger partial charge on any atom is -0.357 e. The van der Waals surface area contributed by atoms with Crippen molar-refractivity contribution < 1.29 is 5.73 Å². The van der Waals surface area contributed by atoms with Crippen molar-refractivity contribution in [3.05, 3.63) is 35.9 Å². The lowest BCUT2D eigenvalue weighted by molar-refractivity contribution is -0.360. The molecule has 1 aromatic rings. The predicted octanol–water partition coefficient (Wildman–Crippen LogP) is 1.81. The van der Waals surface area contributed by atoms with Crippen LogP contribution in [0.4, 0.5) is 0 Å². The number of quaternary nitrogens is 1. The van der Waals surface area contributed by atoms with Crippen molar-refractivity contribution in [2.75, 3.05) is 12.3 Å². The summed E-state index contributed by atoms with van der Waals surface area (Å²) in [4.78, 5) is 0. The van der Waals surface area contributed by atoms with Crippen molar-refractivity contribution in [2.24, 2.45) is 0 Å². The van der Waals surface area contributed by atoms with Gasteiger partial charge in [-0.2, -0.15) is 0 Å². The smallest absolute Gasteiger partial charge is 0.0840 e. The normalized spacial score (nSPS) is 10.1. The molecule has 1 aromatic carbocycles. The van der Waals surface area contributed by atoms with Crippen LogP contribution in [0.15, 0.2) is 30.3 Å². The van der Waals surface area contributed by atoms with Crippen LogP contribution in [0.1, 0.15) is 5.56 Å². The lowest BCUT2D eigenvalue weighted by atomic mass is 10.2. The molecule has 0 atom stereocenters. The molecular weight excluding hydrogens is 186 g/mol. The zero-order valence-corrected chi connectivity index (χ0v) is 8.66. The van der Waals surface area contributed by atoms with Crippen LogP contribution in [-0.4, -0.2) is 12.3 Å². The Morgan fingerprint density at radius 2 is 1.83 bits per heavy atom. The van der Waals surface area contributed by atoms with Crippen molar-refractivity contribution in [3.63, 3.8) is 0 Å². The van der Waals surface area contributed by atoms with Gasteiger partial charge in [0.2, 0.25) is 0 Å². The van der Waals surface area contributed by atoms with Crippen molar-refractivity contribution in [3.8, 4) is 0 Å². The molecule has 0 spiro atoms. The first-order chi connectivity index (χ1) is 5.93. The van der Waals surface area contributed by atoms with E-state index in [1.165, 1.54) is 5.56 Å². The van der Waals surface area contributed by atoms with Crippen LogP contribution in [0.5, 0.6) is 0 Å². The second kappa shape index (κ2) is 6.40. The topological polar surface area (TPSA) is 27.6 Å². The number of benzene rings is 1. The third-order valence-electron chi connectivity index (χ3n) is 1.38. The van der Waals surface area contributed by atoms with Gasteiger partial charge in [-0.25, -0.2) is 0 Å². The van der Waals surface area contributed by atoms with Crippen LogP contribution < -0.4 is 5.73 Å². The van der Waals surface area contributed by atoms with Crippen LogP contribution >= 0.6 is 21.6 Å². The molecule has 0 heterocycles. The van der Waals surface area contributed by atoms with Gasteiger partial charge in [-0.05, 0) is 5.56 Å². The van der Waals surface area contributed by atoms with Gasteiger partial charge < -0.3 is 5.73 Å². The van der Waals surface area contributed by atoms with Crippen LogP contribution in [0, 0.1) is 0 Å². The first kappa shape index (κ1) is 9.96. The van der Waals surface area contributed by atoms with Crippen LogP contribution in [0.3, 0.4) is 0 Å². The first-order valence-corrected chi connectivity index (χ1v) is 6.50. The molecule has 0 radical (unpaired) electrons. The molecule has 0 fully saturated rings. The lowest BCUT2D eigenvalue weighted by Gasteiger charge is -1.98. The molecule has 3 heteroatoms. The van der Waals surface area contributed by atoms with Gasteiger partial charge in [0.05, 0.1) is 12.3 Å². The Morgan fingerprint density at radius 3 is 2.50 bits per heavy atom. The van der Waals surface area contributed by atoms with E-state index in [-0.39, 0.29) is 0 Å². The van der Waals surface area contributed by atoms with Crippen molar-refractivity contribution in [1.82, 2.24) is 0 Å². The van der Waals surface area contributed by atoms with E-state index >= 15 is 0 Å². The predicted molar refractivity (Wildman–Crippen MR) is 58.0 cm³/mol. The highest BCUT2D eigenvalue weighted by molar-refractivity contribution is 8.76. The Labute approximate surface area is 81.5 Å². The summed E-state index contributed by atoms with van der Waals surface area (Å²) >= 11 is 0. The van der Waals surface area contributed by atoms with Gasteiger partial charge in [-0.15, -0.1) is 0 Å². The van der Waals surface area contributed by atoms with Crippen molar-refractivity contribution in [1.29, 1.82) is 0 Å². The van der Waals surface area contributed by atoms with Crippen molar-refractivity contribution >= 4 is 21.6 Å². The summed E-state index contributed by atoms with van der Waals surface area (Å²) in [5.74, 6) is 2.25. The van der Waals surface area contributed by atoms with Gasteiger partial charge in [0, 0.05) is 5.75 Å². The van der Waals surface area contributed by atoms with Gasteiger partial charge in [0.25, 0.3) is 0 Å². The second-order valence-corrected chi connectivity index (χ2v) is 5.01. The highest BCUT2D eigenvalue weighted by Gasteiger charge is 1.92. The molecule has 0 aliphatic rings. The van der Waals surface area contributed by atoms with Gasteiger partial charge in [0.15, 0.2) is 0 Å². The molecule has 0 aromatic heterocycles. The monoisotopic (exact) mass is 200 g/mol. The summed E-state index contributed by atoms with van der Waals surface area (Å²) < 4.78 is 0. The molecule has 66 valence electrons. The zero-order chi connectivity index (χ0) is 8.65. The lowest BCUT2D eigenvalue weighted by Crippen LogP contribution is -2.51. The van der Waals surface area contributed by atoms with E-state index in [9.17, 15) is 0 Å². The molecule has 1 nitrogen and oxygen atoms in total. The Balaban J connectivity index is 2.16. The maximum Gasteiger partial charge on any atom is 0.0840 e. The van der Waals surface area contributed by atoms with E-state index in [4.69, 9.17) is 0 Å². The first-order valence-electron chi connectivity index (χ1n) is 4.01. The van der Waals surface area contributed by atoms with E-state index in [1.807, 2.05) is 21.6 Å². The third-order valence-corrected chi connectivity index (χ3v) is 3.81. The summed E-state index contributed by atoms with van der Waals surface area (Å²) in [6.45, 7) is 1.02. The summed E-state index contributed by atoms with van der Waals surface area (Å²) in [7, 11) is 3.81. The fourth-order valence-electron chi connectivity index (χ4n) is 0.802. The molecule has 1 rings (SSSR count). The molecule has 0 unspecified atom stereocenters. The molecule has 0 aliphatic carbocycles. The van der Waals surface area contributed by atoms with E-state index in [1.54, 1.807) is 0 Å². The molecule has 12 heavy (non-hydrogen) atoms. The molecule has 0 saturated carbocycles. The number of rotatable bonds is 5. The molecule has 0 amide bonds. The van der Waals surface area contributed by atoms with Crippen LogP contribution in [0.2, 0.25) is 0 Å². The molecular formula is C9H14NS2+. The fraction of sp³-hybridized carbons (Fsp3) is 0.333.